The van der Waals surface area contributed by atoms with Crippen LogP contribution in [-0.2, 0) is 0 Å². The van der Waals surface area contributed by atoms with E-state index in [-0.39, 0.29) is 0 Å². The molecular formula is C5H9N. The van der Waals surface area contributed by atoms with Gasteiger partial charge in [-0.1, -0.05) is 6.92 Å². The maximum absolute atomic E-state index is 4.04. The van der Waals surface area contributed by atoms with Gasteiger partial charge >= 0.3 is 0 Å². The lowest BCUT2D eigenvalue weighted by molar-refractivity contribution is 0.666. The summed E-state index contributed by atoms with van der Waals surface area (Å²) in [6, 6.07) is 0. The molecule has 1 aliphatic rings. The summed E-state index contributed by atoms with van der Waals surface area (Å²) >= 11 is 0. The number of rotatable bonds is 0. The average molecular weight is 83.1 g/mol. The third-order valence-corrected chi connectivity index (χ3v) is 1.05. The molecule has 0 aromatic heterocycles. The smallest absolute Gasteiger partial charge is 0.0414 e. The Hall–Kier alpha value is -0.330. The van der Waals surface area contributed by atoms with Crippen molar-refractivity contribution < 1.29 is 0 Å². The molecule has 1 heterocycles. The van der Waals surface area contributed by atoms with Gasteiger partial charge in [0.1, 0.15) is 0 Å². The lowest BCUT2D eigenvalue weighted by Gasteiger charge is -1.90. The third-order valence-electron chi connectivity index (χ3n) is 1.05. The maximum atomic E-state index is 4.04. The second-order valence-electron chi connectivity index (χ2n) is 1.89. The Bertz CT molecular complexity index is 58.3. The highest BCUT2D eigenvalue weighted by Gasteiger charge is 2.01. The van der Waals surface area contributed by atoms with Crippen molar-refractivity contribution in [3.8, 4) is 0 Å². The van der Waals surface area contributed by atoms with E-state index < -0.39 is 0 Å². The minimum absolute atomic E-state index is 0.824. The molecule has 0 saturated heterocycles. The Morgan fingerprint density at radius 1 is 1.83 bits per heavy atom. The molecule has 0 radical (unpaired) electrons. The zero-order valence-corrected chi connectivity index (χ0v) is 4.02. The monoisotopic (exact) mass is 83.1 g/mol. The maximum Gasteiger partial charge on any atom is 0.0414 e. The Labute approximate surface area is 38.1 Å². The van der Waals surface area contributed by atoms with E-state index in [1.54, 1.807) is 0 Å². The second kappa shape index (κ2) is 1.41. The van der Waals surface area contributed by atoms with Crippen LogP contribution in [0.15, 0.2) is 4.99 Å². The SMILES string of the molecule is C[C@H]1CC=NC1. The minimum Gasteiger partial charge on any atom is -0.297 e. The predicted octanol–water partition coefficient (Wildman–Crippen LogP) is 1.10. The number of hydrogen-bond acceptors (Lipinski definition) is 1. The highest BCUT2D eigenvalue weighted by Crippen LogP contribution is 2.04. The van der Waals surface area contributed by atoms with E-state index in [1.165, 1.54) is 6.42 Å². The van der Waals surface area contributed by atoms with Gasteiger partial charge in [-0.05, 0) is 18.6 Å². The fraction of sp³-hybridized carbons (Fsp3) is 0.800. The van der Waals surface area contributed by atoms with Gasteiger partial charge in [-0.25, -0.2) is 0 Å². The van der Waals surface area contributed by atoms with Crippen LogP contribution >= 0.6 is 0 Å². The molecule has 0 bridgehead atoms. The van der Waals surface area contributed by atoms with Crippen LogP contribution in [0.3, 0.4) is 0 Å². The van der Waals surface area contributed by atoms with Gasteiger partial charge in [-0.3, -0.25) is 4.99 Å². The van der Waals surface area contributed by atoms with Gasteiger partial charge in [0.25, 0.3) is 0 Å². The Kier molecular flexibility index (Phi) is 0.906. The molecule has 6 heavy (non-hydrogen) atoms. The lowest BCUT2D eigenvalue weighted by Crippen LogP contribution is -1.88. The summed E-state index contributed by atoms with van der Waals surface area (Å²) < 4.78 is 0. The Morgan fingerprint density at radius 2 is 2.67 bits per heavy atom. The molecular weight excluding hydrogens is 74.1 g/mol. The molecule has 0 aliphatic carbocycles. The van der Waals surface area contributed by atoms with Crippen molar-refractivity contribution in [3.05, 3.63) is 0 Å². The molecule has 1 aliphatic heterocycles. The van der Waals surface area contributed by atoms with Gasteiger partial charge in [-0.2, -0.15) is 0 Å². The van der Waals surface area contributed by atoms with E-state index in [0.717, 1.165) is 12.5 Å². The largest absolute Gasteiger partial charge is 0.297 e. The summed E-state index contributed by atoms with van der Waals surface area (Å²) in [6.07, 6.45) is 3.20. The first-order chi connectivity index (χ1) is 2.89. The van der Waals surface area contributed by atoms with Crippen molar-refractivity contribution in [1.29, 1.82) is 0 Å². The Morgan fingerprint density at radius 3 is 2.83 bits per heavy atom. The van der Waals surface area contributed by atoms with Crippen LogP contribution in [0.5, 0.6) is 0 Å². The highest BCUT2D eigenvalue weighted by molar-refractivity contribution is 5.59. The molecule has 0 aromatic rings. The number of hydrogen-bond donors (Lipinski definition) is 0. The summed E-state index contributed by atoms with van der Waals surface area (Å²) in [5.74, 6) is 0.824. The first-order valence-corrected chi connectivity index (χ1v) is 2.38. The Balaban J connectivity index is 2.32. The number of nitrogens with zero attached hydrogens (tertiary/aromatic N) is 1. The van der Waals surface area contributed by atoms with Crippen molar-refractivity contribution in [2.45, 2.75) is 13.3 Å². The summed E-state index contributed by atoms with van der Waals surface area (Å²) in [4.78, 5) is 4.04. The lowest BCUT2D eigenvalue weighted by atomic mass is 10.2. The minimum atomic E-state index is 0.824. The molecule has 1 nitrogen and oxygen atoms in total. The molecule has 1 rings (SSSR count). The first-order valence-electron chi connectivity index (χ1n) is 2.38. The van der Waals surface area contributed by atoms with Gasteiger partial charge in [0.2, 0.25) is 0 Å². The van der Waals surface area contributed by atoms with E-state index in [1.807, 2.05) is 6.21 Å². The van der Waals surface area contributed by atoms with Gasteiger partial charge in [0, 0.05) is 6.54 Å². The van der Waals surface area contributed by atoms with E-state index >= 15 is 0 Å². The normalized spacial score (nSPS) is 31.8. The topological polar surface area (TPSA) is 12.4 Å². The predicted molar refractivity (Wildman–Crippen MR) is 27.1 cm³/mol. The molecule has 34 valence electrons. The molecule has 0 unspecified atom stereocenters. The molecule has 1 atom stereocenters. The van der Waals surface area contributed by atoms with Crippen LogP contribution in [-0.4, -0.2) is 12.8 Å². The third kappa shape index (κ3) is 0.588. The van der Waals surface area contributed by atoms with E-state index in [9.17, 15) is 0 Å². The van der Waals surface area contributed by atoms with Gasteiger partial charge in [0.15, 0.2) is 0 Å². The van der Waals surface area contributed by atoms with Gasteiger partial charge in [0.05, 0.1) is 0 Å². The number of aliphatic imine (C=N–C) groups is 1. The van der Waals surface area contributed by atoms with Crippen LogP contribution in [0.2, 0.25) is 0 Å². The van der Waals surface area contributed by atoms with Crippen molar-refractivity contribution in [2.24, 2.45) is 10.9 Å². The molecule has 0 N–H and O–H groups in total. The zero-order valence-electron chi connectivity index (χ0n) is 4.02. The molecule has 1 heteroatoms. The molecule has 0 saturated carbocycles. The van der Waals surface area contributed by atoms with Crippen molar-refractivity contribution in [2.75, 3.05) is 6.54 Å². The van der Waals surface area contributed by atoms with Gasteiger partial charge < -0.3 is 0 Å². The molecule has 0 aromatic carbocycles. The van der Waals surface area contributed by atoms with Crippen LogP contribution < -0.4 is 0 Å². The van der Waals surface area contributed by atoms with Crippen molar-refractivity contribution in [3.63, 3.8) is 0 Å². The summed E-state index contributed by atoms with van der Waals surface area (Å²) in [6.45, 7) is 3.27. The fourth-order valence-corrected chi connectivity index (χ4v) is 0.583. The summed E-state index contributed by atoms with van der Waals surface area (Å²) in [5.41, 5.74) is 0. The highest BCUT2D eigenvalue weighted by atomic mass is 14.7. The molecule has 0 fully saturated rings. The first kappa shape index (κ1) is 3.85. The van der Waals surface area contributed by atoms with Crippen molar-refractivity contribution in [1.82, 2.24) is 0 Å². The van der Waals surface area contributed by atoms with Crippen LogP contribution in [0.1, 0.15) is 13.3 Å². The zero-order chi connectivity index (χ0) is 4.41. The molecule has 0 amide bonds. The summed E-state index contributed by atoms with van der Waals surface area (Å²) in [5, 5.41) is 0. The average Bonchev–Trinajstić information content (AvgIpc) is 1.86. The summed E-state index contributed by atoms with van der Waals surface area (Å²) in [7, 11) is 0. The quantitative estimate of drug-likeness (QED) is 0.416. The standard InChI is InChI=1S/C5H9N/c1-5-2-3-6-4-5/h3,5H,2,4H2,1H3/t5-/m0/s1. The van der Waals surface area contributed by atoms with E-state index in [2.05, 4.69) is 11.9 Å². The second-order valence-corrected chi connectivity index (χ2v) is 1.89. The van der Waals surface area contributed by atoms with E-state index in [4.69, 9.17) is 0 Å². The molecule has 0 spiro atoms. The van der Waals surface area contributed by atoms with Crippen LogP contribution in [0.25, 0.3) is 0 Å². The van der Waals surface area contributed by atoms with E-state index in [0.29, 0.717) is 0 Å². The van der Waals surface area contributed by atoms with Crippen LogP contribution in [0, 0.1) is 5.92 Å². The van der Waals surface area contributed by atoms with Crippen molar-refractivity contribution >= 4 is 6.21 Å². The van der Waals surface area contributed by atoms with Gasteiger partial charge in [-0.15, -0.1) is 0 Å². The van der Waals surface area contributed by atoms with Crippen LogP contribution in [0.4, 0.5) is 0 Å². The fourth-order valence-electron chi connectivity index (χ4n) is 0.583.